The van der Waals surface area contributed by atoms with Gasteiger partial charge in [-0.05, 0) is 30.7 Å². The van der Waals surface area contributed by atoms with E-state index in [1.54, 1.807) is 0 Å². The fourth-order valence-electron chi connectivity index (χ4n) is 1.64. The van der Waals surface area contributed by atoms with Gasteiger partial charge in [-0.15, -0.1) is 0 Å². The zero-order valence-corrected chi connectivity index (χ0v) is 11.7. The number of hydrogen-bond donors (Lipinski definition) is 1. The Morgan fingerprint density at radius 2 is 1.78 bits per heavy atom. The smallest absolute Gasteiger partial charge is 0.119 e. The highest BCUT2D eigenvalue weighted by atomic mass is 79.9. The summed E-state index contributed by atoms with van der Waals surface area (Å²) in [7, 11) is 0. The minimum atomic E-state index is -0.637. The van der Waals surface area contributed by atoms with Gasteiger partial charge in [-0.1, -0.05) is 51.8 Å². The first-order valence-corrected chi connectivity index (χ1v) is 6.58. The third-order valence-electron chi connectivity index (χ3n) is 2.69. The molecule has 0 amide bonds. The maximum atomic E-state index is 10.1. The van der Waals surface area contributed by atoms with Crippen molar-refractivity contribution in [3.63, 3.8) is 0 Å². The molecule has 2 aromatic rings. The number of aliphatic hydroxyl groups excluding tert-OH is 1. The van der Waals surface area contributed by atoms with Gasteiger partial charge in [0.25, 0.3) is 0 Å². The van der Waals surface area contributed by atoms with Gasteiger partial charge in [0.05, 0.1) is 0 Å². The summed E-state index contributed by atoms with van der Waals surface area (Å²) in [6.45, 7) is 2.27. The fraction of sp³-hybridized carbons (Fsp3) is 0.200. The van der Waals surface area contributed by atoms with Crippen LogP contribution in [0.2, 0.25) is 0 Å². The van der Waals surface area contributed by atoms with E-state index in [1.165, 1.54) is 5.56 Å². The molecule has 0 bridgehead atoms. The first kappa shape index (κ1) is 13.1. The van der Waals surface area contributed by atoms with Gasteiger partial charge in [0, 0.05) is 4.47 Å². The summed E-state index contributed by atoms with van der Waals surface area (Å²) in [6.07, 6.45) is -0.637. The summed E-state index contributed by atoms with van der Waals surface area (Å²) in [5, 5.41) is 10.1. The third-order valence-corrected chi connectivity index (χ3v) is 3.42. The van der Waals surface area contributed by atoms with Gasteiger partial charge in [0.15, 0.2) is 0 Å². The Labute approximate surface area is 115 Å². The van der Waals surface area contributed by atoms with Crippen molar-refractivity contribution in [1.82, 2.24) is 0 Å². The zero-order chi connectivity index (χ0) is 13.0. The van der Waals surface area contributed by atoms with Crippen LogP contribution in [0.25, 0.3) is 0 Å². The molecule has 2 aromatic carbocycles. The maximum absolute atomic E-state index is 10.1. The molecule has 0 radical (unpaired) electrons. The van der Waals surface area contributed by atoms with Crippen LogP contribution >= 0.6 is 15.9 Å². The Balaban J connectivity index is 1.98. The predicted octanol–water partition coefficient (Wildman–Crippen LogP) is 3.87. The lowest BCUT2D eigenvalue weighted by Crippen LogP contribution is -2.10. The minimum Gasteiger partial charge on any atom is -0.491 e. The van der Waals surface area contributed by atoms with Gasteiger partial charge >= 0.3 is 0 Å². The second-order valence-electron chi connectivity index (χ2n) is 4.16. The van der Waals surface area contributed by atoms with Crippen LogP contribution in [-0.4, -0.2) is 11.7 Å². The van der Waals surface area contributed by atoms with E-state index < -0.39 is 6.10 Å². The normalized spacial score (nSPS) is 12.2. The Morgan fingerprint density at radius 1 is 1.11 bits per heavy atom. The van der Waals surface area contributed by atoms with Crippen LogP contribution in [0.15, 0.2) is 53.0 Å². The molecule has 0 heterocycles. The highest BCUT2D eigenvalue weighted by molar-refractivity contribution is 9.10. The number of halogens is 1. The second-order valence-corrected chi connectivity index (χ2v) is 5.02. The van der Waals surface area contributed by atoms with Crippen molar-refractivity contribution in [3.8, 4) is 5.75 Å². The molecule has 0 fully saturated rings. The fourth-order valence-corrected chi connectivity index (χ4v) is 2.19. The van der Waals surface area contributed by atoms with Crippen molar-refractivity contribution < 1.29 is 9.84 Å². The highest BCUT2D eigenvalue weighted by Crippen LogP contribution is 2.24. The van der Waals surface area contributed by atoms with Gasteiger partial charge in [0.2, 0.25) is 0 Å². The Morgan fingerprint density at radius 3 is 2.44 bits per heavy atom. The molecule has 3 heteroatoms. The van der Waals surface area contributed by atoms with Gasteiger partial charge in [-0.3, -0.25) is 0 Å². The number of aliphatic hydroxyl groups is 1. The van der Waals surface area contributed by atoms with Crippen LogP contribution in [0.5, 0.6) is 5.75 Å². The van der Waals surface area contributed by atoms with E-state index in [0.29, 0.717) is 0 Å². The van der Waals surface area contributed by atoms with Crippen LogP contribution in [-0.2, 0) is 0 Å². The molecule has 2 rings (SSSR count). The molecule has 0 saturated heterocycles. The van der Waals surface area contributed by atoms with Gasteiger partial charge < -0.3 is 9.84 Å². The molecule has 0 aliphatic carbocycles. The van der Waals surface area contributed by atoms with E-state index >= 15 is 0 Å². The van der Waals surface area contributed by atoms with Crippen molar-refractivity contribution in [3.05, 3.63) is 64.1 Å². The zero-order valence-electron chi connectivity index (χ0n) is 10.1. The summed E-state index contributed by atoms with van der Waals surface area (Å²) in [5.74, 6) is 0.770. The molecule has 0 aliphatic heterocycles. The molecule has 0 spiro atoms. The van der Waals surface area contributed by atoms with Gasteiger partial charge in [0.1, 0.15) is 18.5 Å². The highest BCUT2D eigenvalue weighted by Gasteiger charge is 2.11. The predicted molar refractivity (Wildman–Crippen MR) is 75.8 cm³/mol. The summed E-state index contributed by atoms with van der Waals surface area (Å²) in [5.41, 5.74) is 2.03. The molecule has 0 aromatic heterocycles. The van der Waals surface area contributed by atoms with E-state index in [0.717, 1.165) is 15.8 Å². The molecule has 18 heavy (non-hydrogen) atoms. The molecular weight excluding hydrogens is 292 g/mol. The van der Waals surface area contributed by atoms with Crippen LogP contribution < -0.4 is 4.74 Å². The summed E-state index contributed by atoms with van der Waals surface area (Å²) in [4.78, 5) is 0. The number of aryl methyl sites for hydroxylation is 1. The lowest BCUT2D eigenvalue weighted by Gasteiger charge is -2.14. The Kier molecular flexibility index (Phi) is 4.39. The topological polar surface area (TPSA) is 29.5 Å². The van der Waals surface area contributed by atoms with Crippen molar-refractivity contribution in [1.29, 1.82) is 0 Å². The number of rotatable bonds is 4. The largest absolute Gasteiger partial charge is 0.491 e. The molecule has 1 atom stereocenters. The summed E-state index contributed by atoms with van der Waals surface area (Å²) >= 11 is 3.42. The molecule has 0 saturated carbocycles. The first-order valence-electron chi connectivity index (χ1n) is 5.79. The number of ether oxygens (including phenoxy) is 1. The van der Waals surface area contributed by atoms with Crippen molar-refractivity contribution in [2.45, 2.75) is 13.0 Å². The van der Waals surface area contributed by atoms with E-state index in [9.17, 15) is 5.11 Å². The van der Waals surface area contributed by atoms with Crippen LogP contribution in [0.3, 0.4) is 0 Å². The lowest BCUT2D eigenvalue weighted by molar-refractivity contribution is 0.107. The SMILES string of the molecule is Cc1ccc(OCC(O)c2ccccc2Br)cc1. The molecule has 94 valence electrons. The van der Waals surface area contributed by atoms with Crippen LogP contribution in [0.4, 0.5) is 0 Å². The average Bonchev–Trinajstić information content (AvgIpc) is 2.38. The number of hydrogen-bond acceptors (Lipinski definition) is 2. The van der Waals surface area contributed by atoms with Crippen LogP contribution in [0, 0.1) is 6.92 Å². The molecular formula is C15H15BrO2. The van der Waals surface area contributed by atoms with E-state index in [2.05, 4.69) is 15.9 Å². The minimum absolute atomic E-state index is 0.242. The molecule has 1 N–H and O–H groups in total. The second kappa shape index (κ2) is 6.03. The molecule has 2 nitrogen and oxygen atoms in total. The van der Waals surface area contributed by atoms with E-state index in [4.69, 9.17) is 4.74 Å². The molecule has 1 unspecified atom stereocenters. The van der Waals surface area contributed by atoms with Crippen molar-refractivity contribution in [2.24, 2.45) is 0 Å². The standard InChI is InChI=1S/C15H15BrO2/c1-11-6-8-12(9-7-11)18-10-15(17)13-4-2-3-5-14(13)16/h2-9,15,17H,10H2,1H3. The summed E-state index contributed by atoms with van der Waals surface area (Å²) < 4.78 is 6.45. The average molecular weight is 307 g/mol. The van der Waals surface area contributed by atoms with E-state index in [1.807, 2.05) is 55.5 Å². The Hall–Kier alpha value is -1.32. The first-order chi connectivity index (χ1) is 8.66. The van der Waals surface area contributed by atoms with Crippen molar-refractivity contribution in [2.75, 3.05) is 6.61 Å². The third kappa shape index (κ3) is 3.34. The number of benzene rings is 2. The summed E-state index contributed by atoms with van der Waals surface area (Å²) in [6, 6.07) is 15.4. The van der Waals surface area contributed by atoms with Crippen LogP contribution in [0.1, 0.15) is 17.2 Å². The van der Waals surface area contributed by atoms with Gasteiger partial charge in [-0.25, -0.2) is 0 Å². The van der Waals surface area contributed by atoms with Crippen molar-refractivity contribution >= 4 is 15.9 Å². The van der Waals surface area contributed by atoms with E-state index in [-0.39, 0.29) is 6.61 Å². The maximum Gasteiger partial charge on any atom is 0.119 e. The quantitative estimate of drug-likeness (QED) is 0.929. The molecule has 0 aliphatic rings. The Bertz CT molecular complexity index is 508. The monoisotopic (exact) mass is 306 g/mol. The van der Waals surface area contributed by atoms with Gasteiger partial charge in [-0.2, -0.15) is 0 Å². The lowest BCUT2D eigenvalue weighted by atomic mass is 10.1.